The van der Waals surface area contributed by atoms with Crippen molar-refractivity contribution in [2.45, 2.75) is 25.9 Å². The highest BCUT2D eigenvalue weighted by molar-refractivity contribution is 5.96. The topological polar surface area (TPSA) is 123 Å². The Labute approximate surface area is 230 Å². The Bertz CT molecular complexity index is 1690. The minimum absolute atomic E-state index is 0.152. The van der Waals surface area contributed by atoms with Crippen LogP contribution in [-0.4, -0.2) is 35.1 Å². The molecule has 0 radical (unpaired) electrons. The van der Waals surface area contributed by atoms with Gasteiger partial charge in [-0.3, -0.25) is 14.6 Å². The summed E-state index contributed by atoms with van der Waals surface area (Å²) in [6, 6.07) is 15.0. The van der Waals surface area contributed by atoms with Gasteiger partial charge >= 0.3 is 0 Å². The van der Waals surface area contributed by atoms with Crippen LogP contribution < -0.4 is 30.3 Å². The van der Waals surface area contributed by atoms with Crippen LogP contribution in [0.4, 0.5) is 28.6 Å². The summed E-state index contributed by atoms with van der Waals surface area (Å²) >= 11 is 0. The third-order valence-electron chi connectivity index (χ3n) is 7.51. The Morgan fingerprint density at radius 3 is 2.73 bits per heavy atom. The van der Waals surface area contributed by atoms with Crippen LogP contribution in [0.15, 0.2) is 67.1 Å². The standard InChI is InChI=1S/C30H26N6O4/c1-17-23-12-28(33-15-24(23)22-6-5-20(11-26(22)40-17)35-8-2-3-29(35)37)34-19-10-21(14-32-13-19)36-16-39-27-9-18(30(31)38)4-7-25(27)36/h4-7,9-15,17H,2-3,8,16H2,1H3,(H2,31,38)(H,33,34). The molecule has 3 aliphatic rings. The number of anilines is 5. The number of aromatic nitrogens is 2. The first kappa shape index (κ1) is 24.0. The van der Waals surface area contributed by atoms with Crippen LogP contribution in [0.5, 0.6) is 11.5 Å². The molecule has 200 valence electrons. The number of amides is 2. The summed E-state index contributed by atoms with van der Waals surface area (Å²) in [5.41, 5.74) is 12.1. The van der Waals surface area contributed by atoms with Crippen molar-refractivity contribution in [2.75, 3.05) is 28.4 Å². The van der Waals surface area contributed by atoms with E-state index >= 15 is 0 Å². The van der Waals surface area contributed by atoms with Gasteiger partial charge in [0.05, 0.1) is 29.5 Å². The van der Waals surface area contributed by atoms with Crippen molar-refractivity contribution in [2.24, 2.45) is 5.73 Å². The van der Waals surface area contributed by atoms with Crippen molar-refractivity contribution in [3.63, 3.8) is 0 Å². The fourth-order valence-corrected chi connectivity index (χ4v) is 5.49. The number of pyridine rings is 2. The summed E-state index contributed by atoms with van der Waals surface area (Å²) in [6.45, 7) is 3.04. The van der Waals surface area contributed by atoms with Gasteiger partial charge in [0.1, 0.15) is 23.4 Å². The van der Waals surface area contributed by atoms with Crippen LogP contribution >= 0.6 is 0 Å². The molecule has 2 aromatic heterocycles. The van der Waals surface area contributed by atoms with Crippen molar-refractivity contribution >= 4 is 40.4 Å². The monoisotopic (exact) mass is 534 g/mol. The molecule has 1 fully saturated rings. The van der Waals surface area contributed by atoms with Gasteiger partial charge in [0.2, 0.25) is 11.8 Å². The lowest BCUT2D eigenvalue weighted by atomic mass is 9.94. The van der Waals surface area contributed by atoms with Crippen LogP contribution in [0, 0.1) is 0 Å². The Morgan fingerprint density at radius 2 is 1.90 bits per heavy atom. The summed E-state index contributed by atoms with van der Waals surface area (Å²) in [4.78, 5) is 36.6. The van der Waals surface area contributed by atoms with Crippen LogP contribution in [0.1, 0.15) is 41.8 Å². The minimum Gasteiger partial charge on any atom is -0.485 e. The Balaban J connectivity index is 1.14. The minimum atomic E-state index is -0.498. The van der Waals surface area contributed by atoms with E-state index in [-0.39, 0.29) is 12.0 Å². The van der Waals surface area contributed by atoms with E-state index in [1.807, 2.05) is 59.3 Å². The summed E-state index contributed by atoms with van der Waals surface area (Å²) in [5.74, 6) is 1.67. The van der Waals surface area contributed by atoms with Crippen LogP contribution in [0.2, 0.25) is 0 Å². The molecule has 2 amide bonds. The molecule has 0 bridgehead atoms. The normalized spacial score (nSPS) is 17.0. The SMILES string of the molecule is CC1Oc2cc(N3CCCC3=O)ccc2-c2cnc(Nc3cncc(N4COc5cc(C(N)=O)ccc54)c3)cc21. The fourth-order valence-electron chi connectivity index (χ4n) is 5.49. The van der Waals surface area contributed by atoms with E-state index in [2.05, 4.69) is 15.3 Å². The zero-order valence-electron chi connectivity index (χ0n) is 21.8. The summed E-state index contributed by atoms with van der Waals surface area (Å²) < 4.78 is 12.1. The lowest BCUT2D eigenvalue weighted by Gasteiger charge is -2.28. The van der Waals surface area contributed by atoms with Gasteiger partial charge in [0, 0.05) is 53.2 Å². The van der Waals surface area contributed by atoms with E-state index in [0.717, 1.165) is 58.2 Å². The molecule has 1 atom stereocenters. The number of ether oxygens (including phenoxy) is 2. The molecular weight excluding hydrogens is 508 g/mol. The predicted octanol–water partition coefficient (Wildman–Crippen LogP) is 5.05. The van der Waals surface area contributed by atoms with Crippen molar-refractivity contribution < 1.29 is 19.1 Å². The number of hydrogen-bond donors (Lipinski definition) is 2. The molecular formula is C30H26N6O4. The third kappa shape index (κ3) is 4.05. The number of hydrogen-bond acceptors (Lipinski definition) is 8. The zero-order chi connectivity index (χ0) is 27.4. The zero-order valence-corrected chi connectivity index (χ0v) is 21.8. The molecule has 40 heavy (non-hydrogen) atoms. The number of nitrogens with two attached hydrogens (primary N) is 1. The number of rotatable bonds is 5. The highest BCUT2D eigenvalue weighted by Crippen LogP contribution is 2.45. The summed E-state index contributed by atoms with van der Waals surface area (Å²) in [7, 11) is 0. The first-order chi connectivity index (χ1) is 19.4. The van der Waals surface area contributed by atoms with Crippen molar-refractivity contribution in [1.29, 1.82) is 0 Å². The second kappa shape index (κ2) is 9.26. The lowest BCUT2D eigenvalue weighted by molar-refractivity contribution is -0.117. The van der Waals surface area contributed by atoms with E-state index in [9.17, 15) is 9.59 Å². The van der Waals surface area contributed by atoms with Gasteiger partial charge in [-0.05, 0) is 55.8 Å². The molecule has 4 aromatic rings. The van der Waals surface area contributed by atoms with E-state index in [4.69, 9.17) is 15.2 Å². The molecule has 0 spiro atoms. The average Bonchev–Trinajstić information content (AvgIpc) is 3.59. The molecule has 5 heterocycles. The third-order valence-corrected chi connectivity index (χ3v) is 7.51. The smallest absolute Gasteiger partial charge is 0.248 e. The molecule has 7 rings (SSSR count). The number of fused-ring (bicyclic) bond motifs is 4. The first-order valence-corrected chi connectivity index (χ1v) is 13.1. The molecule has 3 N–H and O–H groups in total. The molecule has 2 aromatic carbocycles. The number of carbonyl (C=O) groups is 2. The van der Waals surface area contributed by atoms with Gasteiger partial charge < -0.3 is 30.3 Å². The predicted molar refractivity (Wildman–Crippen MR) is 150 cm³/mol. The van der Waals surface area contributed by atoms with Gasteiger partial charge in [-0.2, -0.15) is 0 Å². The van der Waals surface area contributed by atoms with E-state index in [0.29, 0.717) is 30.3 Å². The molecule has 3 aliphatic heterocycles. The maximum Gasteiger partial charge on any atom is 0.248 e. The van der Waals surface area contributed by atoms with Gasteiger partial charge in [-0.1, -0.05) is 0 Å². The Kier molecular flexibility index (Phi) is 5.55. The molecule has 1 saturated heterocycles. The molecule has 10 nitrogen and oxygen atoms in total. The van der Waals surface area contributed by atoms with Gasteiger partial charge in [-0.15, -0.1) is 0 Å². The molecule has 10 heteroatoms. The van der Waals surface area contributed by atoms with E-state index in [1.165, 1.54) is 0 Å². The van der Waals surface area contributed by atoms with Crippen LogP contribution in [0.3, 0.4) is 0 Å². The summed E-state index contributed by atoms with van der Waals surface area (Å²) in [5, 5.41) is 3.36. The first-order valence-electron chi connectivity index (χ1n) is 13.1. The van der Waals surface area contributed by atoms with Crippen molar-refractivity contribution in [3.8, 4) is 22.6 Å². The van der Waals surface area contributed by atoms with Crippen molar-refractivity contribution in [3.05, 3.63) is 78.2 Å². The second-order valence-electron chi connectivity index (χ2n) is 10.1. The Hall–Kier alpha value is -5.12. The molecule has 0 saturated carbocycles. The molecule has 0 aliphatic carbocycles. The Morgan fingerprint density at radius 1 is 1.00 bits per heavy atom. The number of nitrogens with one attached hydrogen (secondary N) is 1. The lowest BCUT2D eigenvalue weighted by Crippen LogP contribution is -2.24. The quantitative estimate of drug-likeness (QED) is 0.365. The fraction of sp³-hybridized carbons (Fsp3) is 0.200. The maximum absolute atomic E-state index is 12.2. The average molecular weight is 535 g/mol. The van der Waals surface area contributed by atoms with Gasteiger partial charge in [0.25, 0.3) is 0 Å². The maximum atomic E-state index is 12.2. The van der Waals surface area contributed by atoms with E-state index in [1.54, 1.807) is 24.5 Å². The molecule has 1 unspecified atom stereocenters. The summed E-state index contributed by atoms with van der Waals surface area (Å²) in [6.07, 6.45) is 6.62. The van der Waals surface area contributed by atoms with Crippen LogP contribution in [0.25, 0.3) is 11.1 Å². The number of primary amides is 1. The second-order valence-corrected chi connectivity index (χ2v) is 10.1. The largest absolute Gasteiger partial charge is 0.485 e. The van der Waals surface area contributed by atoms with Crippen LogP contribution in [-0.2, 0) is 4.79 Å². The number of carbonyl (C=O) groups excluding carboxylic acids is 2. The highest BCUT2D eigenvalue weighted by atomic mass is 16.5. The number of benzene rings is 2. The van der Waals surface area contributed by atoms with Gasteiger partial charge in [-0.25, -0.2) is 4.98 Å². The highest BCUT2D eigenvalue weighted by Gasteiger charge is 2.28. The van der Waals surface area contributed by atoms with Gasteiger partial charge in [0.15, 0.2) is 6.73 Å². The van der Waals surface area contributed by atoms with Crippen molar-refractivity contribution in [1.82, 2.24) is 9.97 Å². The number of nitrogens with zero attached hydrogens (tertiary/aromatic N) is 4. The van der Waals surface area contributed by atoms with E-state index < -0.39 is 5.91 Å².